The summed E-state index contributed by atoms with van der Waals surface area (Å²) in [6.07, 6.45) is -6.90. The smallest absolute Gasteiger partial charge is 0.341 e. The van der Waals surface area contributed by atoms with Crippen molar-refractivity contribution in [3.05, 3.63) is 48.5 Å². The van der Waals surface area contributed by atoms with E-state index in [1.54, 1.807) is 48.5 Å². The van der Waals surface area contributed by atoms with Crippen molar-refractivity contribution >= 4 is 5.97 Å². The molecule has 0 amide bonds. The average Bonchev–Trinajstić information content (AvgIpc) is 2.73. The molecule has 1 fully saturated rings. The summed E-state index contributed by atoms with van der Waals surface area (Å²) in [4.78, 5) is 10.6. The molecule has 0 aliphatic carbocycles. The van der Waals surface area contributed by atoms with Crippen molar-refractivity contribution in [3.63, 3.8) is 0 Å². The lowest BCUT2D eigenvalue weighted by Crippen LogP contribution is -2.60. The molecule has 0 radical (unpaired) electrons. The van der Waals surface area contributed by atoms with Crippen molar-refractivity contribution in [1.82, 2.24) is 0 Å². The maximum Gasteiger partial charge on any atom is 0.341 e. The molecule has 5 atom stereocenters. The Morgan fingerprint density at radius 2 is 1.66 bits per heavy atom. The van der Waals surface area contributed by atoms with Gasteiger partial charge in [0.05, 0.1) is 6.61 Å². The number of carboxylic acids is 1. The van der Waals surface area contributed by atoms with Crippen LogP contribution in [0.2, 0.25) is 0 Å². The van der Waals surface area contributed by atoms with Gasteiger partial charge in [-0.15, -0.1) is 0 Å². The van der Waals surface area contributed by atoms with E-state index >= 15 is 0 Å². The first-order chi connectivity index (χ1) is 13.9. The highest BCUT2D eigenvalue weighted by Gasteiger charge is 2.44. The Labute approximate surface area is 166 Å². The summed E-state index contributed by atoms with van der Waals surface area (Å²) in [6.45, 7) is -1.000. The summed E-state index contributed by atoms with van der Waals surface area (Å²) >= 11 is 0. The second-order valence-corrected chi connectivity index (χ2v) is 6.52. The molecular formula is C20H22O9. The molecule has 1 heterocycles. The van der Waals surface area contributed by atoms with E-state index in [9.17, 15) is 25.2 Å². The first-order valence-electron chi connectivity index (χ1n) is 8.92. The second-order valence-electron chi connectivity index (χ2n) is 6.52. The maximum absolute atomic E-state index is 10.6. The molecule has 1 saturated heterocycles. The van der Waals surface area contributed by atoms with E-state index in [1.165, 1.54) is 0 Å². The molecule has 0 spiro atoms. The fourth-order valence-electron chi connectivity index (χ4n) is 2.97. The van der Waals surface area contributed by atoms with Gasteiger partial charge in [-0.1, -0.05) is 30.3 Å². The number of benzene rings is 2. The van der Waals surface area contributed by atoms with Crippen LogP contribution in [0.4, 0.5) is 0 Å². The summed E-state index contributed by atoms with van der Waals surface area (Å²) < 4.78 is 16.3. The molecule has 5 N–H and O–H groups in total. The third-order valence-corrected chi connectivity index (χ3v) is 4.51. The molecule has 3 rings (SSSR count). The highest BCUT2D eigenvalue weighted by Crippen LogP contribution is 2.33. The largest absolute Gasteiger partial charge is 0.482 e. The number of hydrogen-bond donors (Lipinski definition) is 5. The number of carboxylic acid groups (broad SMARTS) is 1. The standard InChI is InChI=1S/C20H22O9/c21-9-15-17(24)18(25)19(26)20(29-15)28-14-4-2-1-3-13(14)11-5-7-12(8-6-11)27-10-16(22)23/h1-8,15,17-21,24-26H,9-10H2,(H,22,23)/t15-,17-,18+,19+,20-/m1/s1. The van der Waals surface area contributed by atoms with E-state index in [2.05, 4.69) is 0 Å². The van der Waals surface area contributed by atoms with Crippen molar-refractivity contribution in [2.45, 2.75) is 30.7 Å². The second kappa shape index (κ2) is 9.21. The number of para-hydroxylation sites is 1. The van der Waals surface area contributed by atoms with E-state index in [-0.39, 0.29) is 0 Å². The summed E-state index contributed by atoms with van der Waals surface area (Å²) in [7, 11) is 0. The molecule has 0 unspecified atom stereocenters. The number of hydrogen-bond acceptors (Lipinski definition) is 8. The lowest BCUT2D eigenvalue weighted by atomic mass is 9.99. The van der Waals surface area contributed by atoms with Crippen molar-refractivity contribution in [2.75, 3.05) is 13.2 Å². The summed E-state index contributed by atoms with van der Waals surface area (Å²) in [6, 6.07) is 13.6. The van der Waals surface area contributed by atoms with Crippen LogP contribution in [-0.2, 0) is 9.53 Å². The predicted octanol–water partition coefficient (Wildman–Crippen LogP) is -0.00430. The minimum absolute atomic E-state index is 0.344. The van der Waals surface area contributed by atoms with Gasteiger partial charge in [-0.3, -0.25) is 0 Å². The van der Waals surface area contributed by atoms with Gasteiger partial charge in [0.15, 0.2) is 6.61 Å². The van der Waals surface area contributed by atoms with Crippen LogP contribution in [-0.4, -0.2) is 75.4 Å². The van der Waals surface area contributed by atoms with E-state index in [1.807, 2.05) is 0 Å². The molecule has 0 bridgehead atoms. The normalized spacial score (nSPS) is 26.7. The number of aliphatic hydroxyl groups is 4. The first kappa shape index (κ1) is 21.0. The van der Waals surface area contributed by atoms with Crippen LogP contribution in [0, 0.1) is 0 Å². The molecule has 2 aromatic carbocycles. The Kier molecular flexibility index (Phi) is 6.68. The van der Waals surface area contributed by atoms with Crippen LogP contribution in [0.15, 0.2) is 48.5 Å². The Morgan fingerprint density at radius 3 is 2.31 bits per heavy atom. The molecule has 0 saturated carbocycles. The molecule has 2 aromatic rings. The van der Waals surface area contributed by atoms with Gasteiger partial charge in [0.1, 0.15) is 35.9 Å². The van der Waals surface area contributed by atoms with Crippen LogP contribution in [0.1, 0.15) is 0 Å². The van der Waals surface area contributed by atoms with Crippen LogP contribution >= 0.6 is 0 Å². The lowest BCUT2D eigenvalue weighted by molar-refractivity contribution is -0.277. The van der Waals surface area contributed by atoms with Gasteiger partial charge in [0.2, 0.25) is 6.29 Å². The molecule has 0 aromatic heterocycles. The van der Waals surface area contributed by atoms with Gasteiger partial charge in [-0.25, -0.2) is 4.79 Å². The summed E-state index contributed by atoms with van der Waals surface area (Å²) in [5.41, 5.74) is 1.38. The van der Waals surface area contributed by atoms with Crippen molar-refractivity contribution < 1.29 is 44.5 Å². The lowest BCUT2D eigenvalue weighted by Gasteiger charge is -2.39. The number of aliphatic hydroxyl groups excluding tert-OH is 4. The predicted molar refractivity (Wildman–Crippen MR) is 99.4 cm³/mol. The Hall–Kier alpha value is -2.69. The number of ether oxygens (including phenoxy) is 3. The van der Waals surface area contributed by atoms with Crippen LogP contribution in [0.3, 0.4) is 0 Å². The molecule has 1 aliphatic rings. The van der Waals surface area contributed by atoms with Crippen LogP contribution in [0.5, 0.6) is 11.5 Å². The number of rotatable bonds is 7. The van der Waals surface area contributed by atoms with Crippen molar-refractivity contribution in [2.24, 2.45) is 0 Å². The van der Waals surface area contributed by atoms with E-state index in [0.717, 1.165) is 5.56 Å². The van der Waals surface area contributed by atoms with Gasteiger partial charge >= 0.3 is 5.97 Å². The van der Waals surface area contributed by atoms with Crippen LogP contribution < -0.4 is 9.47 Å². The number of aliphatic carboxylic acids is 1. The topological polar surface area (TPSA) is 146 Å². The SMILES string of the molecule is O=C(O)COc1ccc(-c2ccccc2O[C@@H]2O[C@H](CO)[C@@H](O)[C@H](O)[C@@H]2O)cc1. The third-order valence-electron chi connectivity index (χ3n) is 4.51. The Balaban J connectivity index is 1.79. The molecule has 1 aliphatic heterocycles. The molecule has 9 heteroatoms. The fourth-order valence-corrected chi connectivity index (χ4v) is 2.97. The summed E-state index contributed by atoms with van der Waals surface area (Å²) in [5, 5.41) is 48.0. The van der Waals surface area contributed by atoms with Crippen molar-refractivity contribution in [1.29, 1.82) is 0 Å². The van der Waals surface area contributed by atoms with E-state index < -0.39 is 49.9 Å². The minimum atomic E-state index is -1.54. The minimum Gasteiger partial charge on any atom is -0.482 e. The maximum atomic E-state index is 10.6. The summed E-state index contributed by atoms with van der Waals surface area (Å²) in [5.74, 6) is -0.341. The highest BCUT2D eigenvalue weighted by molar-refractivity contribution is 5.71. The molecule has 9 nitrogen and oxygen atoms in total. The van der Waals surface area contributed by atoms with E-state index in [4.69, 9.17) is 19.3 Å². The molecule has 29 heavy (non-hydrogen) atoms. The zero-order valence-corrected chi connectivity index (χ0v) is 15.3. The molecule has 156 valence electrons. The van der Waals surface area contributed by atoms with E-state index in [0.29, 0.717) is 17.1 Å². The van der Waals surface area contributed by atoms with Gasteiger partial charge in [0, 0.05) is 5.56 Å². The van der Waals surface area contributed by atoms with Crippen LogP contribution in [0.25, 0.3) is 11.1 Å². The average molecular weight is 406 g/mol. The van der Waals surface area contributed by atoms with Gasteiger partial charge in [-0.05, 0) is 23.8 Å². The molecular weight excluding hydrogens is 384 g/mol. The van der Waals surface area contributed by atoms with Crippen molar-refractivity contribution in [3.8, 4) is 22.6 Å². The van der Waals surface area contributed by atoms with Gasteiger partial charge < -0.3 is 39.7 Å². The third kappa shape index (κ3) is 4.84. The monoisotopic (exact) mass is 406 g/mol. The quantitative estimate of drug-likeness (QED) is 0.429. The zero-order valence-electron chi connectivity index (χ0n) is 15.3. The fraction of sp³-hybridized carbons (Fsp3) is 0.350. The highest BCUT2D eigenvalue weighted by atomic mass is 16.7. The Bertz CT molecular complexity index is 821. The Morgan fingerprint density at radius 1 is 0.966 bits per heavy atom. The zero-order chi connectivity index (χ0) is 21.0. The van der Waals surface area contributed by atoms with Gasteiger partial charge in [0.25, 0.3) is 0 Å². The number of carbonyl (C=O) groups is 1. The first-order valence-corrected chi connectivity index (χ1v) is 8.92. The van der Waals surface area contributed by atoms with Gasteiger partial charge in [-0.2, -0.15) is 0 Å².